The molecule has 10 nitrogen and oxygen atoms in total. The van der Waals surface area contributed by atoms with E-state index in [0.717, 1.165) is 17.2 Å². The molecule has 7 rings (SSSR count). The number of aromatic nitrogens is 1. The minimum atomic E-state index is -0.578. The highest BCUT2D eigenvalue weighted by Gasteiger charge is 2.34. The average Bonchev–Trinajstić information content (AvgIpc) is 3.45. The third-order valence-electron chi connectivity index (χ3n) is 8.69. The van der Waals surface area contributed by atoms with Crippen molar-refractivity contribution in [3.63, 3.8) is 0 Å². The molecule has 2 saturated heterocycles. The van der Waals surface area contributed by atoms with Crippen molar-refractivity contribution in [3.8, 4) is 17.2 Å². The number of fused-ring (bicyclic) bond motifs is 3. The third kappa shape index (κ3) is 4.92. The average molecular weight is 588 g/mol. The van der Waals surface area contributed by atoms with E-state index in [2.05, 4.69) is 4.90 Å². The molecular weight excluding hydrogens is 553 g/mol. The predicted molar refractivity (Wildman–Crippen MR) is 162 cm³/mol. The van der Waals surface area contributed by atoms with Crippen molar-refractivity contribution in [1.29, 1.82) is 0 Å². The lowest BCUT2D eigenvalue weighted by Gasteiger charge is -2.35. The monoisotopic (exact) mass is 587 g/mol. The van der Waals surface area contributed by atoms with Gasteiger partial charge in [0.1, 0.15) is 16.8 Å². The maximum Gasteiger partial charge on any atom is 0.259 e. The number of piperazine rings is 1. The summed E-state index contributed by atoms with van der Waals surface area (Å²) in [6.07, 6.45) is 2.32. The van der Waals surface area contributed by atoms with Gasteiger partial charge in [0.05, 0.1) is 30.9 Å². The Hall–Kier alpha value is -4.03. The van der Waals surface area contributed by atoms with Crippen LogP contribution in [0.5, 0.6) is 11.5 Å². The van der Waals surface area contributed by atoms with Crippen LogP contribution in [0, 0.1) is 5.82 Å². The summed E-state index contributed by atoms with van der Waals surface area (Å²) in [6, 6.07) is 12.9. The van der Waals surface area contributed by atoms with Crippen LogP contribution in [-0.4, -0.2) is 97.1 Å². The van der Waals surface area contributed by atoms with Crippen LogP contribution in [0.3, 0.4) is 0 Å². The number of aliphatic hydroxyl groups excluding tert-OH is 1. The Kier molecular flexibility index (Phi) is 7.26. The maximum absolute atomic E-state index is 16.0. The minimum Gasteiger partial charge on any atom is -0.451 e. The van der Waals surface area contributed by atoms with Gasteiger partial charge in [-0.2, -0.15) is 0 Å². The molecule has 11 heteroatoms. The van der Waals surface area contributed by atoms with E-state index >= 15 is 4.39 Å². The fourth-order valence-electron chi connectivity index (χ4n) is 6.43. The van der Waals surface area contributed by atoms with Crippen LogP contribution in [0.15, 0.2) is 53.5 Å². The second-order valence-corrected chi connectivity index (χ2v) is 11.4. The second kappa shape index (κ2) is 11.2. The summed E-state index contributed by atoms with van der Waals surface area (Å²) >= 11 is 0. The third-order valence-corrected chi connectivity index (χ3v) is 8.69. The molecule has 0 aliphatic carbocycles. The van der Waals surface area contributed by atoms with Crippen molar-refractivity contribution in [2.45, 2.75) is 12.5 Å². The van der Waals surface area contributed by atoms with Crippen LogP contribution in [-0.2, 0) is 4.74 Å². The number of hydrogen-bond acceptors (Lipinski definition) is 8. The number of anilines is 1. The van der Waals surface area contributed by atoms with Gasteiger partial charge in [-0.05, 0) is 35.4 Å². The molecule has 1 aromatic heterocycles. The van der Waals surface area contributed by atoms with Crippen LogP contribution in [0.2, 0.25) is 0 Å². The molecule has 0 bridgehead atoms. The first-order chi connectivity index (χ1) is 20.9. The first kappa shape index (κ1) is 27.8. The van der Waals surface area contributed by atoms with Gasteiger partial charge < -0.3 is 34.7 Å². The number of aliphatic hydroxyl groups is 1. The molecule has 3 N–H and O–H groups in total. The summed E-state index contributed by atoms with van der Waals surface area (Å²) < 4.78 is 29.6. The SMILES string of the molecule is NC1CCN(c2c(F)cc3c(=O)c(C(=O)N4CCN(CCOCCO)CC4)cn4c3c2Oc2cc3ccccc3cc2-4)C1. The lowest BCUT2D eigenvalue weighted by molar-refractivity contribution is 0.0485. The van der Waals surface area contributed by atoms with Crippen LogP contribution in [0.1, 0.15) is 16.8 Å². The Labute approximate surface area is 247 Å². The minimum absolute atomic E-state index is 0.00506. The molecular formula is C32H34FN5O5. The fourth-order valence-corrected chi connectivity index (χ4v) is 6.43. The van der Waals surface area contributed by atoms with Crippen molar-refractivity contribution in [3.05, 3.63) is 70.3 Å². The molecule has 1 unspecified atom stereocenters. The van der Waals surface area contributed by atoms with E-state index in [9.17, 15) is 9.59 Å². The zero-order valence-electron chi connectivity index (χ0n) is 23.8. The van der Waals surface area contributed by atoms with Crippen molar-refractivity contribution >= 4 is 33.3 Å². The first-order valence-corrected chi connectivity index (χ1v) is 14.8. The van der Waals surface area contributed by atoms with Gasteiger partial charge in [-0.3, -0.25) is 14.5 Å². The number of carbonyl (C=O) groups is 1. The van der Waals surface area contributed by atoms with Crippen molar-refractivity contribution in [1.82, 2.24) is 14.4 Å². The zero-order chi connectivity index (χ0) is 29.7. The van der Waals surface area contributed by atoms with Gasteiger partial charge in [-0.25, -0.2) is 4.39 Å². The Morgan fingerprint density at radius 2 is 1.84 bits per heavy atom. The Bertz CT molecular complexity index is 1780. The number of rotatable bonds is 7. The Balaban J connectivity index is 1.31. The van der Waals surface area contributed by atoms with Crippen LogP contribution >= 0.6 is 0 Å². The van der Waals surface area contributed by atoms with Gasteiger partial charge in [0.25, 0.3) is 5.91 Å². The standard InChI is InChI=1S/C32H34FN5O5/c33-25-17-23-28-31(29(25)37-6-5-22(34)18-37)43-27-16-21-4-2-1-3-20(21)15-26(27)38(28)19-24(30(23)40)32(41)36-9-7-35(8-10-36)11-13-42-14-12-39/h1-4,15-17,19,22,39H,5-14,18,34H2. The number of carbonyl (C=O) groups excluding carboxylic acids is 1. The Morgan fingerprint density at radius 1 is 1.07 bits per heavy atom. The molecule has 3 aromatic carbocycles. The molecule has 1 amide bonds. The smallest absolute Gasteiger partial charge is 0.259 e. The highest BCUT2D eigenvalue weighted by molar-refractivity contribution is 6.02. The van der Waals surface area contributed by atoms with E-state index < -0.39 is 11.2 Å². The molecule has 3 aliphatic heterocycles. The first-order valence-electron chi connectivity index (χ1n) is 14.8. The molecule has 0 spiro atoms. The van der Waals surface area contributed by atoms with Gasteiger partial charge in [0.15, 0.2) is 17.3 Å². The topological polar surface area (TPSA) is 114 Å². The summed E-state index contributed by atoms with van der Waals surface area (Å²) in [7, 11) is 0. The summed E-state index contributed by atoms with van der Waals surface area (Å²) in [6.45, 7) is 4.71. The van der Waals surface area contributed by atoms with Gasteiger partial charge in [0, 0.05) is 58.1 Å². The molecule has 4 heterocycles. The molecule has 4 aromatic rings. The van der Waals surface area contributed by atoms with Crippen molar-refractivity contribution < 1.29 is 23.8 Å². The quantitative estimate of drug-likeness (QED) is 0.280. The van der Waals surface area contributed by atoms with Gasteiger partial charge in [-0.15, -0.1) is 0 Å². The number of nitrogens with two attached hydrogens (primary N) is 1. The summed E-state index contributed by atoms with van der Waals surface area (Å²) in [4.78, 5) is 33.5. The highest BCUT2D eigenvalue weighted by atomic mass is 19.1. The predicted octanol–water partition coefficient (Wildman–Crippen LogP) is 2.69. The summed E-state index contributed by atoms with van der Waals surface area (Å²) in [5.41, 5.74) is 7.04. The van der Waals surface area contributed by atoms with E-state index in [-0.39, 0.29) is 40.9 Å². The van der Waals surface area contributed by atoms with Gasteiger partial charge >= 0.3 is 0 Å². The zero-order valence-corrected chi connectivity index (χ0v) is 23.8. The molecule has 224 valence electrons. The van der Waals surface area contributed by atoms with E-state index in [1.165, 1.54) is 6.07 Å². The molecule has 3 aliphatic rings. The summed E-state index contributed by atoms with van der Waals surface area (Å²) in [5.74, 6) is -0.176. The second-order valence-electron chi connectivity index (χ2n) is 11.4. The van der Waals surface area contributed by atoms with Crippen LogP contribution in [0.4, 0.5) is 10.1 Å². The number of pyridine rings is 1. The maximum atomic E-state index is 16.0. The normalized spacial score (nSPS) is 18.3. The lowest BCUT2D eigenvalue weighted by Crippen LogP contribution is -2.50. The molecule has 0 radical (unpaired) electrons. The molecule has 1 atom stereocenters. The van der Waals surface area contributed by atoms with Crippen molar-refractivity contribution in [2.75, 3.05) is 70.5 Å². The Morgan fingerprint density at radius 3 is 2.56 bits per heavy atom. The number of ether oxygens (including phenoxy) is 2. The number of hydrogen-bond donors (Lipinski definition) is 2. The van der Waals surface area contributed by atoms with Crippen LogP contribution < -0.4 is 20.8 Å². The lowest BCUT2D eigenvalue weighted by atomic mass is 10.0. The van der Waals surface area contributed by atoms with Crippen LogP contribution in [0.25, 0.3) is 27.4 Å². The molecule has 43 heavy (non-hydrogen) atoms. The largest absolute Gasteiger partial charge is 0.451 e. The number of amides is 1. The molecule has 2 fully saturated rings. The van der Waals surface area contributed by atoms with Gasteiger partial charge in [0.2, 0.25) is 5.43 Å². The number of nitrogens with zero attached hydrogens (tertiary/aromatic N) is 4. The summed E-state index contributed by atoms with van der Waals surface area (Å²) in [5, 5.41) is 10.9. The van der Waals surface area contributed by atoms with E-state index in [0.29, 0.717) is 76.0 Å². The molecule has 0 saturated carbocycles. The fraction of sp³-hybridized carbons (Fsp3) is 0.375. The number of halogens is 1. The van der Waals surface area contributed by atoms with E-state index in [4.69, 9.17) is 20.3 Å². The number of benzene rings is 3. The van der Waals surface area contributed by atoms with E-state index in [1.807, 2.05) is 45.9 Å². The highest BCUT2D eigenvalue weighted by Crippen LogP contribution is 2.48. The van der Waals surface area contributed by atoms with E-state index in [1.54, 1.807) is 11.1 Å². The van der Waals surface area contributed by atoms with Gasteiger partial charge in [-0.1, -0.05) is 24.3 Å². The van der Waals surface area contributed by atoms with Crippen molar-refractivity contribution in [2.24, 2.45) is 5.73 Å².